The standard InChI is InChI=1S/C10H12F3N3O2/c11-10(12,13)6-18-4-3-15-7-1-2-16-8(5-7)9(14)17/h1-2,5H,3-4,6H2,(H2,14,17)(H,15,16). The number of nitrogens with zero attached hydrogens (tertiary/aromatic N) is 1. The minimum atomic E-state index is -4.32. The van der Waals surface area contributed by atoms with Gasteiger partial charge in [0.1, 0.15) is 12.3 Å². The van der Waals surface area contributed by atoms with Gasteiger partial charge in [-0.1, -0.05) is 0 Å². The Labute approximate surface area is 101 Å². The summed E-state index contributed by atoms with van der Waals surface area (Å²) in [6, 6.07) is 2.97. The van der Waals surface area contributed by atoms with Crippen molar-refractivity contribution in [2.75, 3.05) is 25.1 Å². The van der Waals surface area contributed by atoms with Crippen molar-refractivity contribution in [3.8, 4) is 0 Å². The third kappa shape index (κ3) is 5.48. The van der Waals surface area contributed by atoms with E-state index in [0.717, 1.165) is 0 Å². The maximum Gasteiger partial charge on any atom is 0.411 e. The van der Waals surface area contributed by atoms with Crippen LogP contribution in [0.5, 0.6) is 0 Å². The zero-order chi connectivity index (χ0) is 13.6. The van der Waals surface area contributed by atoms with Crippen molar-refractivity contribution in [3.05, 3.63) is 24.0 Å². The van der Waals surface area contributed by atoms with E-state index in [1.54, 1.807) is 6.07 Å². The molecular formula is C10H12F3N3O2. The molecule has 0 aliphatic rings. The molecule has 1 aromatic rings. The van der Waals surface area contributed by atoms with Crippen LogP contribution in [0.3, 0.4) is 0 Å². The summed E-state index contributed by atoms with van der Waals surface area (Å²) in [5, 5.41) is 2.79. The predicted molar refractivity (Wildman–Crippen MR) is 58.1 cm³/mol. The first kappa shape index (κ1) is 14.2. The van der Waals surface area contributed by atoms with Gasteiger partial charge in [0.05, 0.1) is 6.61 Å². The van der Waals surface area contributed by atoms with E-state index in [4.69, 9.17) is 5.73 Å². The van der Waals surface area contributed by atoms with Gasteiger partial charge in [-0.3, -0.25) is 9.78 Å². The highest BCUT2D eigenvalue weighted by atomic mass is 19.4. The quantitative estimate of drug-likeness (QED) is 0.755. The van der Waals surface area contributed by atoms with Gasteiger partial charge in [0, 0.05) is 18.4 Å². The number of ether oxygens (including phenoxy) is 1. The van der Waals surface area contributed by atoms with Crippen molar-refractivity contribution in [3.63, 3.8) is 0 Å². The molecule has 0 radical (unpaired) electrons. The number of nitrogens with two attached hydrogens (primary N) is 1. The van der Waals surface area contributed by atoms with E-state index in [1.807, 2.05) is 0 Å². The van der Waals surface area contributed by atoms with Crippen molar-refractivity contribution < 1.29 is 22.7 Å². The van der Waals surface area contributed by atoms with Crippen LogP contribution in [-0.2, 0) is 4.74 Å². The van der Waals surface area contributed by atoms with Crippen molar-refractivity contribution >= 4 is 11.6 Å². The minimum Gasteiger partial charge on any atom is -0.383 e. The number of alkyl halides is 3. The van der Waals surface area contributed by atoms with Gasteiger partial charge in [0.2, 0.25) is 0 Å². The van der Waals surface area contributed by atoms with Crippen molar-refractivity contribution in [2.24, 2.45) is 5.73 Å². The van der Waals surface area contributed by atoms with Gasteiger partial charge in [-0.15, -0.1) is 0 Å². The Hall–Kier alpha value is -1.83. The highest BCUT2D eigenvalue weighted by Gasteiger charge is 2.27. The van der Waals surface area contributed by atoms with E-state index in [0.29, 0.717) is 5.69 Å². The van der Waals surface area contributed by atoms with E-state index in [1.165, 1.54) is 12.3 Å². The number of pyridine rings is 1. The van der Waals surface area contributed by atoms with E-state index in [2.05, 4.69) is 15.0 Å². The van der Waals surface area contributed by atoms with Gasteiger partial charge in [-0.2, -0.15) is 13.2 Å². The van der Waals surface area contributed by atoms with Crippen LogP contribution in [0.15, 0.2) is 18.3 Å². The van der Waals surface area contributed by atoms with Crippen LogP contribution in [0.25, 0.3) is 0 Å². The number of hydrogen-bond donors (Lipinski definition) is 2. The summed E-state index contributed by atoms with van der Waals surface area (Å²) in [4.78, 5) is 14.5. The third-order valence-electron chi connectivity index (χ3n) is 1.85. The molecule has 0 spiro atoms. The lowest BCUT2D eigenvalue weighted by molar-refractivity contribution is -0.172. The highest BCUT2D eigenvalue weighted by molar-refractivity contribution is 5.91. The molecule has 0 aliphatic carbocycles. The van der Waals surface area contributed by atoms with Gasteiger partial charge >= 0.3 is 6.18 Å². The second kappa shape index (κ2) is 6.20. The Kier molecular flexibility index (Phi) is 4.90. The molecule has 0 unspecified atom stereocenters. The van der Waals surface area contributed by atoms with Crippen LogP contribution in [0.4, 0.5) is 18.9 Å². The van der Waals surface area contributed by atoms with Crippen LogP contribution in [0.2, 0.25) is 0 Å². The first-order chi connectivity index (χ1) is 8.38. The highest BCUT2D eigenvalue weighted by Crippen LogP contribution is 2.14. The van der Waals surface area contributed by atoms with E-state index >= 15 is 0 Å². The summed E-state index contributed by atoms with van der Waals surface area (Å²) >= 11 is 0. The largest absolute Gasteiger partial charge is 0.411 e. The Morgan fingerprint density at radius 2 is 2.22 bits per heavy atom. The normalized spacial score (nSPS) is 11.3. The molecule has 1 amide bonds. The summed E-state index contributed by atoms with van der Waals surface area (Å²) in [5.74, 6) is -0.674. The second-order valence-corrected chi connectivity index (χ2v) is 3.39. The average Bonchev–Trinajstić information content (AvgIpc) is 2.27. The Balaban J connectivity index is 2.31. The molecule has 1 rings (SSSR count). The third-order valence-corrected chi connectivity index (χ3v) is 1.85. The number of halogens is 3. The lowest BCUT2D eigenvalue weighted by atomic mass is 10.3. The summed E-state index contributed by atoms with van der Waals surface area (Å²) < 4.78 is 39.6. The van der Waals surface area contributed by atoms with Gasteiger partial charge < -0.3 is 15.8 Å². The lowest BCUT2D eigenvalue weighted by Gasteiger charge is -2.09. The zero-order valence-electron chi connectivity index (χ0n) is 9.33. The minimum absolute atomic E-state index is 0.0798. The second-order valence-electron chi connectivity index (χ2n) is 3.39. The van der Waals surface area contributed by atoms with Crippen LogP contribution >= 0.6 is 0 Å². The van der Waals surface area contributed by atoms with Crippen LogP contribution in [-0.4, -0.2) is 36.8 Å². The molecule has 5 nitrogen and oxygen atoms in total. The molecule has 0 fully saturated rings. The maximum absolute atomic E-state index is 11.7. The molecule has 0 saturated carbocycles. The molecule has 3 N–H and O–H groups in total. The predicted octanol–water partition coefficient (Wildman–Crippen LogP) is 1.17. The summed E-state index contributed by atoms with van der Waals surface area (Å²) in [5.41, 5.74) is 5.64. The van der Waals surface area contributed by atoms with Gasteiger partial charge in [-0.25, -0.2) is 0 Å². The van der Waals surface area contributed by atoms with E-state index < -0.39 is 18.7 Å². The number of aromatic nitrogens is 1. The van der Waals surface area contributed by atoms with Gasteiger partial charge in [0.25, 0.3) is 5.91 Å². The molecule has 1 heterocycles. The molecule has 0 saturated heterocycles. The Bertz CT molecular complexity index is 410. The average molecular weight is 263 g/mol. The molecular weight excluding hydrogens is 251 g/mol. The number of rotatable bonds is 6. The summed E-state index contributed by atoms with van der Waals surface area (Å²) in [7, 11) is 0. The number of amides is 1. The van der Waals surface area contributed by atoms with Crippen molar-refractivity contribution in [1.29, 1.82) is 0 Å². The Morgan fingerprint density at radius 1 is 1.50 bits per heavy atom. The topological polar surface area (TPSA) is 77.2 Å². The van der Waals surface area contributed by atoms with E-state index in [-0.39, 0.29) is 18.8 Å². The zero-order valence-corrected chi connectivity index (χ0v) is 9.33. The number of primary amides is 1. The van der Waals surface area contributed by atoms with Crippen LogP contribution in [0.1, 0.15) is 10.5 Å². The molecule has 100 valence electrons. The molecule has 0 aliphatic heterocycles. The van der Waals surface area contributed by atoms with Crippen molar-refractivity contribution in [1.82, 2.24) is 4.98 Å². The molecule has 0 bridgehead atoms. The number of carbonyl (C=O) groups is 1. The first-order valence-electron chi connectivity index (χ1n) is 5.03. The smallest absolute Gasteiger partial charge is 0.383 e. The lowest BCUT2D eigenvalue weighted by Crippen LogP contribution is -2.20. The number of hydrogen-bond acceptors (Lipinski definition) is 4. The van der Waals surface area contributed by atoms with Gasteiger partial charge in [-0.05, 0) is 12.1 Å². The fourth-order valence-electron chi connectivity index (χ4n) is 1.13. The monoisotopic (exact) mass is 263 g/mol. The molecule has 18 heavy (non-hydrogen) atoms. The molecule has 1 aromatic heterocycles. The number of anilines is 1. The molecule has 8 heteroatoms. The van der Waals surface area contributed by atoms with Crippen molar-refractivity contribution in [2.45, 2.75) is 6.18 Å². The number of carbonyl (C=O) groups excluding carboxylic acids is 1. The fraction of sp³-hybridized carbons (Fsp3) is 0.400. The SMILES string of the molecule is NC(=O)c1cc(NCCOCC(F)(F)F)ccn1. The van der Waals surface area contributed by atoms with Crippen LogP contribution < -0.4 is 11.1 Å². The first-order valence-corrected chi connectivity index (χ1v) is 5.03. The maximum atomic E-state index is 11.7. The molecule has 0 aromatic carbocycles. The van der Waals surface area contributed by atoms with Gasteiger partial charge in [0.15, 0.2) is 0 Å². The summed E-state index contributed by atoms with van der Waals surface area (Å²) in [6.07, 6.45) is -2.95. The number of nitrogens with one attached hydrogen (secondary N) is 1. The summed E-state index contributed by atoms with van der Waals surface area (Å²) in [6.45, 7) is -1.20. The Morgan fingerprint density at radius 3 is 2.83 bits per heavy atom. The van der Waals surface area contributed by atoms with Crippen LogP contribution in [0, 0.1) is 0 Å². The van der Waals surface area contributed by atoms with E-state index in [9.17, 15) is 18.0 Å². The fourth-order valence-corrected chi connectivity index (χ4v) is 1.13. The molecule has 0 atom stereocenters.